The van der Waals surface area contributed by atoms with Gasteiger partial charge in [0.2, 0.25) is 11.8 Å². The highest BCUT2D eigenvalue weighted by Gasteiger charge is 2.28. The van der Waals surface area contributed by atoms with Gasteiger partial charge < -0.3 is 10.2 Å². The van der Waals surface area contributed by atoms with E-state index in [9.17, 15) is 9.59 Å². The van der Waals surface area contributed by atoms with Gasteiger partial charge in [-0.05, 0) is 35.6 Å². The molecule has 0 aliphatic heterocycles. The summed E-state index contributed by atoms with van der Waals surface area (Å²) in [6, 6.07) is 14.3. The molecule has 0 aromatic heterocycles. The van der Waals surface area contributed by atoms with Crippen molar-refractivity contribution in [1.82, 2.24) is 10.2 Å². The molecule has 0 spiro atoms. The lowest BCUT2D eigenvalue weighted by Crippen LogP contribution is -2.50. The summed E-state index contributed by atoms with van der Waals surface area (Å²) in [5.74, 6) is 0.0874. The van der Waals surface area contributed by atoms with Crippen LogP contribution in [0.3, 0.4) is 0 Å². The number of amides is 2. The molecule has 29 heavy (non-hydrogen) atoms. The molecule has 1 N–H and O–H groups in total. The second kappa shape index (κ2) is 11.2. The maximum absolute atomic E-state index is 13.2. The molecule has 6 heteroatoms. The van der Waals surface area contributed by atoms with E-state index in [0.29, 0.717) is 35.5 Å². The van der Waals surface area contributed by atoms with E-state index in [-0.39, 0.29) is 18.2 Å². The minimum Gasteiger partial charge on any atom is -0.354 e. The van der Waals surface area contributed by atoms with E-state index in [2.05, 4.69) is 5.32 Å². The van der Waals surface area contributed by atoms with Crippen molar-refractivity contribution >= 4 is 35.0 Å². The molecule has 0 saturated heterocycles. The van der Waals surface area contributed by atoms with Crippen LogP contribution in [0.1, 0.15) is 38.3 Å². The molecule has 4 nitrogen and oxygen atoms in total. The molecule has 0 aliphatic rings. The van der Waals surface area contributed by atoms with Gasteiger partial charge in [0.05, 0.1) is 16.5 Å². The molecule has 0 heterocycles. The normalized spacial score (nSPS) is 11.9. The molecule has 0 bridgehead atoms. The lowest BCUT2D eigenvalue weighted by Gasteiger charge is -2.31. The lowest BCUT2D eigenvalue weighted by molar-refractivity contribution is -0.141. The van der Waals surface area contributed by atoms with Gasteiger partial charge in [0.15, 0.2) is 0 Å². The number of hydrogen-bond acceptors (Lipinski definition) is 2. The van der Waals surface area contributed by atoms with E-state index in [4.69, 9.17) is 23.2 Å². The SMILES string of the molecule is CCC(C(=O)NCC(C)C)N(Cc1ccccc1)C(=O)Cc1ccc(Cl)c(Cl)c1. The van der Waals surface area contributed by atoms with Gasteiger partial charge in [-0.2, -0.15) is 0 Å². The summed E-state index contributed by atoms with van der Waals surface area (Å²) in [5.41, 5.74) is 1.74. The molecule has 0 saturated carbocycles. The maximum Gasteiger partial charge on any atom is 0.242 e. The van der Waals surface area contributed by atoms with Gasteiger partial charge in [-0.15, -0.1) is 0 Å². The van der Waals surface area contributed by atoms with E-state index in [0.717, 1.165) is 11.1 Å². The molecular weight excluding hydrogens is 407 g/mol. The van der Waals surface area contributed by atoms with Crippen LogP contribution in [-0.2, 0) is 22.6 Å². The molecule has 1 unspecified atom stereocenters. The van der Waals surface area contributed by atoms with E-state index in [1.807, 2.05) is 51.1 Å². The van der Waals surface area contributed by atoms with Crippen molar-refractivity contribution in [2.75, 3.05) is 6.54 Å². The zero-order valence-corrected chi connectivity index (χ0v) is 18.6. The maximum atomic E-state index is 13.2. The lowest BCUT2D eigenvalue weighted by atomic mass is 10.1. The Bertz CT molecular complexity index is 825. The first-order valence-electron chi connectivity index (χ1n) is 9.86. The van der Waals surface area contributed by atoms with Crippen molar-refractivity contribution in [3.05, 3.63) is 69.7 Å². The van der Waals surface area contributed by atoms with Gasteiger partial charge in [0, 0.05) is 13.1 Å². The Morgan fingerprint density at radius 2 is 1.69 bits per heavy atom. The fourth-order valence-corrected chi connectivity index (χ4v) is 3.37. The number of carbonyl (C=O) groups is 2. The highest BCUT2D eigenvalue weighted by atomic mass is 35.5. The quantitative estimate of drug-likeness (QED) is 0.595. The average molecular weight is 435 g/mol. The summed E-state index contributed by atoms with van der Waals surface area (Å²) in [6.45, 7) is 6.95. The van der Waals surface area contributed by atoms with Gasteiger partial charge in [-0.25, -0.2) is 0 Å². The van der Waals surface area contributed by atoms with Crippen LogP contribution < -0.4 is 5.32 Å². The first-order chi connectivity index (χ1) is 13.8. The molecule has 2 amide bonds. The van der Waals surface area contributed by atoms with Crippen LogP contribution in [0.15, 0.2) is 48.5 Å². The van der Waals surface area contributed by atoms with E-state index in [1.54, 1.807) is 23.1 Å². The highest BCUT2D eigenvalue weighted by molar-refractivity contribution is 6.42. The summed E-state index contributed by atoms with van der Waals surface area (Å²) in [4.78, 5) is 27.7. The summed E-state index contributed by atoms with van der Waals surface area (Å²) >= 11 is 12.1. The fourth-order valence-electron chi connectivity index (χ4n) is 3.05. The molecule has 2 aromatic rings. The average Bonchev–Trinajstić information content (AvgIpc) is 2.69. The topological polar surface area (TPSA) is 49.4 Å². The largest absolute Gasteiger partial charge is 0.354 e. The van der Waals surface area contributed by atoms with Crippen molar-refractivity contribution < 1.29 is 9.59 Å². The number of halogens is 2. The van der Waals surface area contributed by atoms with Crippen LogP contribution in [0, 0.1) is 5.92 Å². The zero-order chi connectivity index (χ0) is 21.4. The highest BCUT2D eigenvalue weighted by Crippen LogP contribution is 2.23. The predicted octanol–water partition coefficient (Wildman–Crippen LogP) is 5.12. The molecule has 1 atom stereocenters. The number of carbonyl (C=O) groups excluding carboxylic acids is 2. The molecular formula is C23H28Cl2N2O2. The summed E-state index contributed by atoms with van der Waals surface area (Å²) in [5, 5.41) is 3.82. The standard InChI is InChI=1S/C23H28Cl2N2O2/c1-4-21(23(29)26-14-16(2)3)27(15-17-8-6-5-7-9-17)22(28)13-18-10-11-19(24)20(25)12-18/h5-12,16,21H,4,13-15H2,1-3H3,(H,26,29). The van der Waals surface area contributed by atoms with Crippen molar-refractivity contribution in [2.24, 2.45) is 5.92 Å². The molecule has 2 aromatic carbocycles. The van der Waals surface area contributed by atoms with Crippen LogP contribution in [0.5, 0.6) is 0 Å². The second-order valence-corrected chi connectivity index (χ2v) is 8.31. The van der Waals surface area contributed by atoms with Crippen molar-refractivity contribution in [1.29, 1.82) is 0 Å². The van der Waals surface area contributed by atoms with Gasteiger partial charge in [0.25, 0.3) is 0 Å². The van der Waals surface area contributed by atoms with Crippen molar-refractivity contribution in [3.63, 3.8) is 0 Å². The van der Waals surface area contributed by atoms with Gasteiger partial charge >= 0.3 is 0 Å². The minimum absolute atomic E-state index is 0.125. The minimum atomic E-state index is -0.538. The van der Waals surface area contributed by atoms with E-state index in [1.165, 1.54) is 0 Å². The van der Waals surface area contributed by atoms with E-state index < -0.39 is 6.04 Å². The molecule has 0 fully saturated rings. The third-order valence-electron chi connectivity index (χ3n) is 4.61. The third kappa shape index (κ3) is 7.06. The number of rotatable bonds is 9. The Morgan fingerprint density at radius 3 is 2.28 bits per heavy atom. The Labute approximate surface area is 183 Å². The van der Waals surface area contributed by atoms with Crippen LogP contribution in [0.2, 0.25) is 10.0 Å². The smallest absolute Gasteiger partial charge is 0.242 e. The second-order valence-electron chi connectivity index (χ2n) is 7.50. The van der Waals surface area contributed by atoms with Crippen molar-refractivity contribution in [2.45, 2.75) is 46.2 Å². The monoisotopic (exact) mass is 434 g/mol. The Balaban J connectivity index is 2.25. The molecule has 0 aliphatic carbocycles. The van der Waals surface area contributed by atoms with E-state index >= 15 is 0 Å². The Kier molecular flexibility index (Phi) is 8.99. The molecule has 156 valence electrons. The molecule has 2 rings (SSSR count). The summed E-state index contributed by atoms with van der Waals surface area (Å²) in [7, 11) is 0. The Hall–Kier alpha value is -2.04. The van der Waals surface area contributed by atoms with Crippen LogP contribution in [0.25, 0.3) is 0 Å². The van der Waals surface area contributed by atoms with Crippen LogP contribution in [0.4, 0.5) is 0 Å². The van der Waals surface area contributed by atoms with Crippen molar-refractivity contribution in [3.8, 4) is 0 Å². The predicted molar refractivity (Wildman–Crippen MR) is 119 cm³/mol. The zero-order valence-electron chi connectivity index (χ0n) is 17.1. The first-order valence-corrected chi connectivity index (χ1v) is 10.6. The number of nitrogens with zero attached hydrogens (tertiary/aromatic N) is 1. The van der Waals surface area contributed by atoms with Gasteiger partial charge in [-0.3, -0.25) is 9.59 Å². The summed E-state index contributed by atoms with van der Waals surface area (Å²) < 4.78 is 0. The number of hydrogen-bond donors (Lipinski definition) is 1. The molecule has 0 radical (unpaired) electrons. The van der Waals surface area contributed by atoms with Gasteiger partial charge in [0.1, 0.15) is 6.04 Å². The van der Waals surface area contributed by atoms with Gasteiger partial charge in [-0.1, -0.05) is 80.4 Å². The Morgan fingerprint density at radius 1 is 1.00 bits per heavy atom. The first kappa shape index (κ1) is 23.2. The summed E-state index contributed by atoms with van der Waals surface area (Å²) in [6.07, 6.45) is 0.682. The third-order valence-corrected chi connectivity index (χ3v) is 5.34. The van der Waals surface area contributed by atoms with Crippen LogP contribution in [-0.4, -0.2) is 29.3 Å². The number of benzene rings is 2. The fraction of sp³-hybridized carbons (Fsp3) is 0.391. The van der Waals surface area contributed by atoms with Crippen LogP contribution >= 0.6 is 23.2 Å². The number of nitrogens with one attached hydrogen (secondary N) is 1.